The average molecular weight is 257 g/mol. The molecule has 1 N–H and O–H groups in total. The Hall–Kier alpha value is -1.20. The topological polar surface area (TPSA) is 58.1 Å². The molecule has 1 aromatic rings. The molecule has 0 radical (unpaired) electrons. The smallest absolute Gasteiger partial charge is 0.271 e. The first-order valence-corrected chi connectivity index (χ1v) is 5.84. The Morgan fingerprint density at radius 3 is 2.82 bits per heavy atom. The molecule has 0 saturated carbocycles. The van der Waals surface area contributed by atoms with Gasteiger partial charge < -0.3 is 10.2 Å². The fourth-order valence-corrected chi connectivity index (χ4v) is 1.29. The summed E-state index contributed by atoms with van der Waals surface area (Å²) in [5.74, 6) is -0.253. The quantitative estimate of drug-likeness (QED) is 0.860. The van der Waals surface area contributed by atoms with Gasteiger partial charge in [-0.15, -0.1) is 0 Å². The first-order chi connectivity index (χ1) is 8.00. The van der Waals surface area contributed by atoms with E-state index in [0.717, 1.165) is 6.54 Å². The van der Waals surface area contributed by atoms with Crippen LogP contribution in [-0.2, 0) is 0 Å². The Morgan fingerprint density at radius 1 is 1.53 bits per heavy atom. The normalized spacial score (nSPS) is 10.9. The molecular formula is C11H17ClN4O. The lowest BCUT2D eigenvalue weighted by Gasteiger charge is -2.20. The van der Waals surface area contributed by atoms with E-state index in [-0.39, 0.29) is 16.8 Å². The molecule has 0 aliphatic rings. The summed E-state index contributed by atoms with van der Waals surface area (Å²) in [5, 5.41) is 2.99. The number of carbonyl (C=O) groups excluding carboxylic acids is 1. The Labute approximate surface area is 106 Å². The molecule has 0 saturated heterocycles. The molecule has 0 fully saturated rings. The second-order valence-electron chi connectivity index (χ2n) is 4.06. The molecule has 6 heteroatoms. The molecule has 94 valence electrons. The molecule has 1 amide bonds. The van der Waals surface area contributed by atoms with Crippen LogP contribution in [0.4, 0.5) is 0 Å². The van der Waals surface area contributed by atoms with E-state index in [9.17, 15) is 4.79 Å². The summed E-state index contributed by atoms with van der Waals surface area (Å²) >= 11 is 5.65. The van der Waals surface area contributed by atoms with Gasteiger partial charge in [-0.25, -0.2) is 4.98 Å². The molecular weight excluding hydrogens is 240 g/mol. The standard InChI is InChI=1S/C11H17ClN4O/c1-8(2)16(3)5-4-14-11(17)9-6-13-7-10(12)15-9/h6-8H,4-5H2,1-3H3,(H,14,17). The van der Waals surface area contributed by atoms with Crippen LogP contribution in [0.5, 0.6) is 0 Å². The molecule has 1 rings (SSSR count). The van der Waals surface area contributed by atoms with Crippen LogP contribution in [0.2, 0.25) is 5.15 Å². The number of likely N-dealkylation sites (N-methyl/N-ethyl adjacent to an activating group) is 1. The van der Waals surface area contributed by atoms with Gasteiger partial charge in [-0.05, 0) is 20.9 Å². The molecule has 5 nitrogen and oxygen atoms in total. The van der Waals surface area contributed by atoms with Gasteiger partial charge >= 0.3 is 0 Å². The van der Waals surface area contributed by atoms with Crippen molar-refractivity contribution in [2.24, 2.45) is 0 Å². The van der Waals surface area contributed by atoms with E-state index in [0.29, 0.717) is 12.6 Å². The highest BCUT2D eigenvalue weighted by Gasteiger charge is 2.08. The third-order valence-corrected chi connectivity index (χ3v) is 2.65. The molecule has 0 aliphatic carbocycles. The summed E-state index contributed by atoms with van der Waals surface area (Å²) in [7, 11) is 2.01. The zero-order chi connectivity index (χ0) is 12.8. The summed E-state index contributed by atoms with van der Waals surface area (Å²) in [6, 6.07) is 0.456. The van der Waals surface area contributed by atoms with Crippen LogP contribution in [0, 0.1) is 0 Å². The molecule has 17 heavy (non-hydrogen) atoms. The Bertz CT molecular complexity index is 383. The SMILES string of the molecule is CC(C)N(C)CCNC(=O)c1cncc(Cl)n1. The number of hydrogen-bond acceptors (Lipinski definition) is 4. The maximum absolute atomic E-state index is 11.7. The largest absolute Gasteiger partial charge is 0.349 e. The number of hydrogen-bond donors (Lipinski definition) is 1. The third kappa shape index (κ3) is 4.66. The van der Waals surface area contributed by atoms with Gasteiger partial charge in [0.05, 0.1) is 12.4 Å². The second kappa shape index (κ2) is 6.51. The van der Waals surface area contributed by atoms with Crippen molar-refractivity contribution in [2.75, 3.05) is 20.1 Å². The predicted molar refractivity (Wildman–Crippen MR) is 67.1 cm³/mol. The molecule has 0 bridgehead atoms. The average Bonchev–Trinajstić information content (AvgIpc) is 2.28. The van der Waals surface area contributed by atoms with Gasteiger partial charge in [-0.3, -0.25) is 9.78 Å². The van der Waals surface area contributed by atoms with Crippen LogP contribution in [0.25, 0.3) is 0 Å². The molecule has 1 aromatic heterocycles. The van der Waals surface area contributed by atoms with Gasteiger partial charge in [-0.2, -0.15) is 0 Å². The number of rotatable bonds is 5. The minimum atomic E-state index is -0.253. The lowest BCUT2D eigenvalue weighted by Crippen LogP contribution is -2.36. The highest BCUT2D eigenvalue weighted by atomic mass is 35.5. The molecule has 0 aliphatic heterocycles. The Morgan fingerprint density at radius 2 is 2.24 bits per heavy atom. The van der Waals surface area contributed by atoms with Crippen LogP contribution < -0.4 is 5.32 Å². The van der Waals surface area contributed by atoms with Crippen molar-refractivity contribution in [2.45, 2.75) is 19.9 Å². The highest BCUT2D eigenvalue weighted by molar-refractivity contribution is 6.29. The lowest BCUT2D eigenvalue weighted by atomic mass is 10.3. The van der Waals surface area contributed by atoms with Crippen molar-refractivity contribution in [3.63, 3.8) is 0 Å². The van der Waals surface area contributed by atoms with Crippen molar-refractivity contribution >= 4 is 17.5 Å². The van der Waals surface area contributed by atoms with E-state index in [2.05, 4.69) is 34.0 Å². The Kier molecular flexibility index (Phi) is 5.31. The van der Waals surface area contributed by atoms with Crippen molar-refractivity contribution < 1.29 is 4.79 Å². The number of nitrogens with zero attached hydrogens (tertiary/aromatic N) is 3. The van der Waals surface area contributed by atoms with Crippen LogP contribution in [0.3, 0.4) is 0 Å². The first-order valence-electron chi connectivity index (χ1n) is 5.46. The molecule has 0 aromatic carbocycles. The van der Waals surface area contributed by atoms with Crippen molar-refractivity contribution in [1.29, 1.82) is 0 Å². The number of carbonyl (C=O) groups is 1. The van der Waals surface area contributed by atoms with Crippen LogP contribution in [-0.4, -0.2) is 47.0 Å². The predicted octanol–water partition coefficient (Wildman–Crippen LogP) is 1.20. The van der Waals surface area contributed by atoms with E-state index < -0.39 is 0 Å². The second-order valence-corrected chi connectivity index (χ2v) is 4.44. The summed E-state index contributed by atoms with van der Waals surface area (Å²) in [4.78, 5) is 21.5. The minimum absolute atomic E-state index is 0.219. The highest BCUT2D eigenvalue weighted by Crippen LogP contribution is 2.02. The van der Waals surface area contributed by atoms with Gasteiger partial charge in [0.25, 0.3) is 5.91 Å². The molecule has 1 heterocycles. The first kappa shape index (κ1) is 13.9. The third-order valence-electron chi connectivity index (χ3n) is 2.47. The molecule has 0 spiro atoms. The Balaban J connectivity index is 2.40. The fourth-order valence-electron chi connectivity index (χ4n) is 1.15. The van der Waals surface area contributed by atoms with Crippen LogP contribution in [0.15, 0.2) is 12.4 Å². The van der Waals surface area contributed by atoms with Gasteiger partial charge in [0.2, 0.25) is 0 Å². The van der Waals surface area contributed by atoms with E-state index in [1.165, 1.54) is 12.4 Å². The van der Waals surface area contributed by atoms with E-state index in [1.54, 1.807) is 0 Å². The minimum Gasteiger partial charge on any atom is -0.349 e. The fraction of sp³-hybridized carbons (Fsp3) is 0.545. The summed E-state index contributed by atoms with van der Waals surface area (Å²) in [6.07, 6.45) is 2.79. The maximum Gasteiger partial charge on any atom is 0.271 e. The zero-order valence-electron chi connectivity index (χ0n) is 10.3. The number of amides is 1. The zero-order valence-corrected chi connectivity index (χ0v) is 11.0. The maximum atomic E-state index is 11.7. The van der Waals surface area contributed by atoms with Gasteiger partial charge in [0.15, 0.2) is 0 Å². The van der Waals surface area contributed by atoms with E-state index in [1.807, 2.05) is 7.05 Å². The number of aromatic nitrogens is 2. The van der Waals surface area contributed by atoms with Gasteiger partial charge in [0.1, 0.15) is 10.8 Å². The summed E-state index contributed by atoms with van der Waals surface area (Å²) < 4.78 is 0. The summed E-state index contributed by atoms with van der Waals surface area (Å²) in [6.45, 7) is 5.56. The molecule has 0 unspecified atom stereocenters. The summed E-state index contributed by atoms with van der Waals surface area (Å²) in [5.41, 5.74) is 0.240. The van der Waals surface area contributed by atoms with Gasteiger partial charge in [-0.1, -0.05) is 11.6 Å². The number of halogens is 1. The van der Waals surface area contributed by atoms with E-state index in [4.69, 9.17) is 11.6 Å². The van der Waals surface area contributed by atoms with E-state index >= 15 is 0 Å². The van der Waals surface area contributed by atoms with Crippen LogP contribution >= 0.6 is 11.6 Å². The molecule has 0 atom stereocenters. The number of nitrogens with one attached hydrogen (secondary N) is 1. The lowest BCUT2D eigenvalue weighted by molar-refractivity contribution is 0.0942. The van der Waals surface area contributed by atoms with Gasteiger partial charge in [0, 0.05) is 19.1 Å². The van der Waals surface area contributed by atoms with Crippen molar-refractivity contribution in [1.82, 2.24) is 20.2 Å². The van der Waals surface area contributed by atoms with Crippen LogP contribution in [0.1, 0.15) is 24.3 Å². The van der Waals surface area contributed by atoms with Crippen molar-refractivity contribution in [3.05, 3.63) is 23.2 Å². The monoisotopic (exact) mass is 256 g/mol. The van der Waals surface area contributed by atoms with Crippen molar-refractivity contribution in [3.8, 4) is 0 Å².